The summed E-state index contributed by atoms with van der Waals surface area (Å²) in [5.74, 6) is 0. The van der Waals surface area contributed by atoms with Crippen LogP contribution in [0.2, 0.25) is 0 Å². The van der Waals surface area contributed by atoms with Gasteiger partial charge < -0.3 is 10.1 Å². The first-order valence-corrected chi connectivity index (χ1v) is 7.51. The maximum atomic E-state index is 5.46. The zero-order chi connectivity index (χ0) is 15.1. The van der Waals surface area contributed by atoms with Crippen molar-refractivity contribution < 1.29 is 4.74 Å². The molecule has 0 fully saturated rings. The van der Waals surface area contributed by atoms with E-state index < -0.39 is 0 Å². The van der Waals surface area contributed by atoms with E-state index in [-0.39, 0.29) is 5.60 Å². The lowest BCUT2D eigenvalue weighted by Gasteiger charge is -2.23. The molecule has 0 saturated heterocycles. The van der Waals surface area contributed by atoms with Crippen molar-refractivity contribution in [3.8, 4) is 0 Å². The highest BCUT2D eigenvalue weighted by Gasteiger charge is 2.15. The van der Waals surface area contributed by atoms with E-state index in [0.29, 0.717) is 0 Å². The predicted octanol–water partition coefficient (Wildman–Crippen LogP) is 4.50. The largest absolute Gasteiger partial charge is 0.385 e. The van der Waals surface area contributed by atoms with Gasteiger partial charge in [-0.15, -0.1) is 0 Å². The standard InChI is InChI=1S/C19H25NO/c1-19(2,21-3)13-14-20-18-12-8-7-11-17(18)15-16-9-5-4-6-10-16/h4-12,20H,13-15H2,1-3H3. The lowest BCUT2D eigenvalue weighted by atomic mass is 10.0. The van der Waals surface area contributed by atoms with Crippen LogP contribution in [0.3, 0.4) is 0 Å². The molecular formula is C19H25NO. The van der Waals surface area contributed by atoms with Crippen LogP contribution in [0.15, 0.2) is 54.6 Å². The molecule has 112 valence electrons. The number of benzene rings is 2. The van der Waals surface area contributed by atoms with Crippen LogP contribution in [-0.4, -0.2) is 19.3 Å². The molecule has 2 aromatic carbocycles. The Morgan fingerprint density at radius 3 is 2.33 bits per heavy atom. The number of ether oxygens (including phenoxy) is 1. The smallest absolute Gasteiger partial charge is 0.0639 e. The van der Waals surface area contributed by atoms with Gasteiger partial charge in [0, 0.05) is 19.3 Å². The highest BCUT2D eigenvalue weighted by Crippen LogP contribution is 2.20. The molecule has 0 unspecified atom stereocenters. The van der Waals surface area contributed by atoms with Crippen LogP contribution in [-0.2, 0) is 11.2 Å². The number of anilines is 1. The Hall–Kier alpha value is -1.80. The van der Waals surface area contributed by atoms with Gasteiger partial charge in [0.1, 0.15) is 0 Å². The third-order valence-electron chi connectivity index (χ3n) is 3.85. The van der Waals surface area contributed by atoms with E-state index in [1.165, 1.54) is 16.8 Å². The van der Waals surface area contributed by atoms with Crippen LogP contribution in [0.5, 0.6) is 0 Å². The first-order chi connectivity index (χ1) is 10.1. The Labute approximate surface area is 128 Å². The molecule has 0 bridgehead atoms. The Bertz CT molecular complexity index is 549. The van der Waals surface area contributed by atoms with Crippen molar-refractivity contribution in [1.29, 1.82) is 0 Å². The van der Waals surface area contributed by atoms with Gasteiger partial charge in [-0.3, -0.25) is 0 Å². The third kappa shape index (κ3) is 4.91. The molecule has 0 radical (unpaired) electrons. The lowest BCUT2D eigenvalue weighted by Crippen LogP contribution is -2.25. The van der Waals surface area contributed by atoms with Gasteiger partial charge in [0.05, 0.1) is 5.60 Å². The van der Waals surface area contributed by atoms with Gasteiger partial charge in [0.25, 0.3) is 0 Å². The zero-order valence-electron chi connectivity index (χ0n) is 13.2. The summed E-state index contributed by atoms with van der Waals surface area (Å²) in [5.41, 5.74) is 3.80. The van der Waals surface area contributed by atoms with Crippen LogP contribution < -0.4 is 5.32 Å². The normalized spacial score (nSPS) is 11.4. The number of rotatable bonds is 7. The summed E-state index contributed by atoms with van der Waals surface area (Å²) < 4.78 is 5.46. The molecule has 0 aliphatic carbocycles. The lowest BCUT2D eigenvalue weighted by molar-refractivity contribution is 0.0185. The average Bonchev–Trinajstić information content (AvgIpc) is 2.50. The van der Waals surface area contributed by atoms with Crippen molar-refractivity contribution in [2.45, 2.75) is 32.3 Å². The molecule has 2 nitrogen and oxygen atoms in total. The van der Waals surface area contributed by atoms with Gasteiger partial charge in [-0.05, 0) is 43.9 Å². The van der Waals surface area contributed by atoms with Crippen LogP contribution in [0, 0.1) is 0 Å². The summed E-state index contributed by atoms with van der Waals surface area (Å²) in [6.45, 7) is 5.14. The average molecular weight is 283 g/mol. The van der Waals surface area contributed by atoms with Crippen molar-refractivity contribution in [3.63, 3.8) is 0 Å². The summed E-state index contributed by atoms with van der Waals surface area (Å²) in [6, 6.07) is 19.1. The molecule has 0 spiro atoms. The van der Waals surface area contributed by atoms with E-state index in [1.807, 2.05) is 0 Å². The fraction of sp³-hybridized carbons (Fsp3) is 0.368. The first-order valence-electron chi connectivity index (χ1n) is 7.51. The zero-order valence-corrected chi connectivity index (χ0v) is 13.2. The van der Waals surface area contributed by atoms with Gasteiger partial charge in [-0.2, -0.15) is 0 Å². The van der Waals surface area contributed by atoms with Crippen molar-refractivity contribution in [1.82, 2.24) is 0 Å². The highest BCUT2D eigenvalue weighted by atomic mass is 16.5. The first kappa shape index (κ1) is 15.6. The number of nitrogens with one attached hydrogen (secondary N) is 1. The maximum Gasteiger partial charge on any atom is 0.0639 e. The van der Waals surface area contributed by atoms with E-state index in [1.54, 1.807) is 7.11 Å². The topological polar surface area (TPSA) is 21.3 Å². The Morgan fingerprint density at radius 1 is 0.952 bits per heavy atom. The molecule has 21 heavy (non-hydrogen) atoms. The minimum atomic E-state index is -0.0820. The SMILES string of the molecule is COC(C)(C)CCNc1ccccc1Cc1ccccc1. The molecule has 0 amide bonds. The van der Waals surface area contributed by atoms with Crippen molar-refractivity contribution in [3.05, 3.63) is 65.7 Å². The Kier molecular flexibility index (Phi) is 5.40. The van der Waals surface area contributed by atoms with Crippen LogP contribution >= 0.6 is 0 Å². The Morgan fingerprint density at radius 2 is 1.62 bits per heavy atom. The summed E-state index contributed by atoms with van der Waals surface area (Å²) in [4.78, 5) is 0. The predicted molar refractivity (Wildman–Crippen MR) is 89.9 cm³/mol. The third-order valence-corrected chi connectivity index (χ3v) is 3.85. The van der Waals surface area contributed by atoms with Gasteiger partial charge >= 0.3 is 0 Å². The second kappa shape index (κ2) is 7.28. The minimum Gasteiger partial charge on any atom is -0.385 e. The molecule has 0 aliphatic heterocycles. The summed E-state index contributed by atoms with van der Waals surface area (Å²) in [7, 11) is 1.77. The fourth-order valence-corrected chi connectivity index (χ4v) is 2.26. The molecule has 0 saturated carbocycles. The van der Waals surface area contributed by atoms with E-state index >= 15 is 0 Å². The van der Waals surface area contributed by atoms with Crippen LogP contribution in [0.25, 0.3) is 0 Å². The van der Waals surface area contributed by atoms with Crippen molar-refractivity contribution in [2.75, 3.05) is 19.0 Å². The van der Waals surface area contributed by atoms with Gasteiger partial charge in [-0.1, -0.05) is 48.5 Å². The summed E-state index contributed by atoms with van der Waals surface area (Å²) in [6.07, 6.45) is 1.93. The minimum absolute atomic E-state index is 0.0820. The van der Waals surface area contributed by atoms with E-state index in [2.05, 4.69) is 73.8 Å². The molecule has 0 aromatic heterocycles. The molecule has 0 heterocycles. The van der Waals surface area contributed by atoms with E-state index in [9.17, 15) is 0 Å². The van der Waals surface area contributed by atoms with Gasteiger partial charge in [0.2, 0.25) is 0 Å². The van der Waals surface area contributed by atoms with Crippen molar-refractivity contribution >= 4 is 5.69 Å². The summed E-state index contributed by atoms with van der Waals surface area (Å²) in [5, 5.41) is 3.54. The molecule has 0 atom stereocenters. The second-order valence-electron chi connectivity index (χ2n) is 5.96. The quantitative estimate of drug-likeness (QED) is 0.807. The second-order valence-corrected chi connectivity index (χ2v) is 5.96. The number of para-hydroxylation sites is 1. The molecule has 2 aromatic rings. The molecule has 2 heteroatoms. The monoisotopic (exact) mass is 283 g/mol. The highest BCUT2D eigenvalue weighted by molar-refractivity contribution is 5.52. The van der Waals surface area contributed by atoms with Gasteiger partial charge in [-0.25, -0.2) is 0 Å². The molecular weight excluding hydrogens is 258 g/mol. The van der Waals surface area contributed by atoms with Crippen LogP contribution in [0.4, 0.5) is 5.69 Å². The Balaban J connectivity index is 2.00. The summed E-state index contributed by atoms with van der Waals surface area (Å²) >= 11 is 0. The maximum absolute atomic E-state index is 5.46. The van der Waals surface area contributed by atoms with E-state index in [4.69, 9.17) is 4.74 Å². The van der Waals surface area contributed by atoms with Crippen LogP contribution in [0.1, 0.15) is 31.4 Å². The van der Waals surface area contributed by atoms with Gasteiger partial charge in [0.15, 0.2) is 0 Å². The molecule has 1 N–H and O–H groups in total. The van der Waals surface area contributed by atoms with Crippen molar-refractivity contribution in [2.24, 2.45) is 0 Å². The number of hydrogen-bond donors (Lipinski definition) is 1. The number of hydrogen-bond acceptors (Lipinski definition) is 2. The fourth-order valence-electron chi connectivity index (χ4n) is 2.26. The number of methoxy groups -OCH3 is 1. The molecule has 2 rings (SSSR count). The molecule has 0 aliphatic rings. The van der Waals surface area contributed by atoms with E-state index in [0.717, 1.165) is 19.4 Å².